The summed E-state index contributed by atoms with van der Waals surface area (Å²) in [6, 6.07) is 7.27. The van der Waals surface area contributed by atoms with Crippen LogP contribution in [0.5, 0.6) is 0 Å². The van der Waals surface area contributed by atoms with Crippen molar-refractivity contribution in [3.8, 4) is 0 Å². The zero-order chi connectivity index (χ0) is 14.3. The van der Waals surface area contributed by atoms with E-state index in [1.807, 2.05) is 12.1 Å². The van der Waals surface area contributed by atoms with E-state index in [1.165, 1.54) is 5.56 Å². The Bertz CT molecular complexity index is 463. The van der Waals surface area contributed by atoms with Crippen molar-refractivity contribution in [2.45, 2.75) is 44.4 Å². The first-order chi connectivity index (χ1) is 8.97. The Labute approximate surface area is 117 Å². The molecule has 0 atom stereocenters. The lowest BCUT2D eigenvalue weighted by atomic mass is 10.0. The van der Waals surface area contributed by atoms with Crippen molar-refractivity contribution in [1.29, 1.82) is 0 Å². The Balaban J connectivity index is 2.57. The molecule has 0 aliphatic carbocycles. The molecule has 0 amide bonds. The first kappa shape index (κ1) is 16.2. The summed E-state index contributed by atoms with van der Waals surface area (Å²) in [4.78, 5) is 0.437. The molecule has 0 unspecified atom stereocenters. The van der Waals surface area contributed by atoms with E-state index in [1.54, 1.807) is 12.1 Å². The Morgan fingerprint density at radius 3 is 2.26 bits per heavy atom. The van der Waals surface area contributed by atoms with Crippen molar-refractivity contribution in [2.75, 3.05) is 18.8 Å². The number of rotatable bonds is 8. The standard InChI is InChI=1S/C15H25NO2S/c1-4-10-16-11-5-12-19(17,18)15-8-6-14(7-9-15)13(2)3/h6-9,13,16H,4-5,10-12H2,1-3H3. The van der Waals surface area contributed by atoms with Crippen LogP contribution in [0.3, 0.4) is 0 Å². The second kappa shape index (κ2) is 7.65. The average molecular weight is 283 g/mol. The molecule has 0 saturated heterocycles. The Morgan fingerprint density at radius 2 is 1.74 bits per heavy atom. The van der Waals surface area contributed by atoms with Crippen molar-refractivity contribution in [2.24, 2.45) is 0 Å². The molecule has 1 N–H and O–H groups in total. The van der Waals surface area contributed by atoms with E-state index in [9.17, 15) is 8.42 Å². The van der Waals surface area contributed by atoms with Crippen LogP contribution < -0.4 is 5.32 Å². The second-order valence-corrected chi connectivity index (χ2v) is 7.26. The average Bonchev–Trinajstić information content (AvgIpc) is 2.38. The van der Waals surface area contributed by atoms with E-state index >= 15 is 0 Å². The predicted octanol–water partition coefficient (Wildman–Crippen LogP) is 2.97. The molecule has 0 bridgehead atoms. The highest BCUT2D eigenvalue weighted by Crippen LogP contribution is 2.18. The van der Waals surface area contributed by atoms with Crippen LogP contribution in [0.25, 0.3) is 0 Å². The predicted molar refractivity (Wildman–Crippen MR) is 80.4 cm³/mol. The summed E-state index contributed by atoms with van der Waals surface area (Å²) < 4.78 is 24.2. The fourth-order valence-electron chi connectivity index (χ4n) is 1.87. The molecule has 0 heterocycles. The van der Waals surface area contributed by atoms with E-state index < -0.39 is 9.84 Å². The van der Waals surface area contributed by atoms with Crippen LogP contribution in [-0.4, -0.2) is 27.3 Å². The van der Waals surface area contributed by atoms with E-state index in [-0.39, 0.29) is 5.75 Å². The van der Waals surface area contributed by atoms with Crippen molar-refractivity contribution in [3.05, 3.63) is 29.8 Å². The molecule has 0 saturated carbocycles. The largest absolute Gasteiger partial charge is 0.317 e. The molecule has 3 nitrogen and oxygen atoms in total. The van der Waals surface area contributed by atoms with Gasteiger partial charge in [0, 0.05) is 0 Å². The van der Waals surface area contributed by atoms with E-state index in [2.05, 4.69) is 26.1 Å². The van der Waals surface area contributed by atoms with E-state index in [4.69, 9.17) is 0 Å². The third kappa shape index (κ3) is 5.33. The Hall–Kier alpha value is -0.870. The minimum atomic E-state index is -3.13. The molecular formula is C15H25NO2S. The lowest BCUT2D eigenvalue weighted by Gasteiger charge is -2.08. The molecule has 0 fully saturated rings. The highest BCUT2D eigenvalue weighted by Gasteiger charge is 2.13. The quantitative estimate of drug-likeness (QED) is 0.746. The van der Waals surface area contributed by atoms with Crippen LogP contribution in [0.1, 0.15) is 45.1 Å². The molecule has 0 radical (unpaired) electrons. The fourth-order valence-corrected chi connectivity index (χ4v) is 3.18. The highest BCUT2D eigenvalue weighted by atomic mass is 32.2. The molecular weight excluding hydrogens is 258 g/mol. The molecule has 19 heavy (non-hydrogen) atoms. The van der Waals surface area contributed by atoms with E-state index in [0.717, 1.165) is 19.5 Å². The first-order valence-electron chi connectivity index (χ1n) is 7.01. The van der Waals surface area contributed by atoms with Crippen molar-refractivity contribution < 1.29 is 8.42 Å². The van der Waals surface area contributed by atoms with Crippen molar-refractivity contribution in [1.82, 2.24) is 5.32 Å². The van der Waals surface area contributed by atoms with E-state index in [0.29, 0.717) is 17.2 Å². The minimum Gasteiger partial charge on any atom is -0.317 e. The maximum Gasteiger partial charge on any atom is 0.178 e. The maximum atomic E-state index is 12.1. The number of sulfone groups is 1. The van der Waals surface area contributed by atoms with Gasteiger partial charge in [0.2, 0.25) is 0 Å². The number of hydrogen-bond donors (Lipinski definition) is 1. The summed E-state index contributed by atoms with van der Waals surface area (Å²) in [5, 5.41) is 3.22. The van der Waals surface area contributed by atoms with Gasteiger partial charge in [-0.2, -0.15) is 0 Å². The van der Waals surface area contributed by atoms with Gasteiger partial charge < -0.3 is 5.32 Å². The Morgan fingerprint density at radius 1 is 1.11 bits per heavy atom. The van der Waals surface area contributed by atoms with Crippen molar-refractivity contribution in [3.63, 3.8) is 0 Å². The van der Waals surface area contributed by atoms with Gasteiger partial charge in [-0.05, 0) is 49.5 Å². The van der Waals surface area contributed by atoms with Gasteiger partial charge in [0.25, 0.3) is 0 Å². The van der Waals surface area contributed by atoms with Gasteiger partial charge in [0.1, 0.15) is 0 Å². The summed E-state index contributed by atoms with van der Waals surface area (Å²) in [5.74, 6) is 0.639. The second-order valence-electron chi connectivity index (χ2n) is 5.15. The molecule has 0 aliphatic rings. The Kier molecular flexibility index (Phi) is 6.52. The summed E-state index contributed by atoms with van der Waals surface area (Å²) in [6.07, 6.45) is 1.73. The normalized spacial score (nSPS) is 12.0. The molecule has 0 aliphatic heterocycles. The number of hydrogen-bond acceptors (Lipinski definition) is 3. The molecule has 108 valence electrons. The van der Waals surface area contributed by atoms with Crippen LogP contribution >= 0.6 is 0 Å². The SMILES string of the molecule is CCCNCCCS(=O)(=O)c1ccc(C(C)C)cc1. The summed E-state index contributed by atoms with van der Waals surface area (Å²) in [5.41, 5.74) is 1.17. The first-order valence-corrected chi connectivity index (χ1v) is 8.66. The van der Waals surface area contributed by atoms with Gasteiger partial charge >= 0.3 is 0 Å². The highest BCUT2D eigenvalue weighted by molar-refractivity contribution is 7.91. The van der Waals surface area contributed by atoms with Gasteiger partial charge in [0.15, 0.2) is 9.84 Å². The third-order valence-electron chi connectivity index (χ3n) is 3.10. The molecule has 1 rings (SSSR count). The zero-order valence-electron chi connectivity index (χ0n) is 12.1. The topological polar surface area (TPSA) is 46.2 Å². The summed E-state index contributed by atoms with van der Waals surface area (Å²) >= 11 is 0. The summed E-state index contributed by atoms with van der Waals surface area (Å²) in [6.45, 7) is 8.01. The molecule has 4 heteroatoms. The van der Waals surface area contributed by atoms with Crippen molar-refractivity contribution >= 4 is 9.84 Å². The van der Waals surface area contributed by atoms with Gasteiger partial charge in [0.05, 0.1) is 10.6 Å². The van der Waals surface area contributed by atoms with Crippen LogP contribution in [0.15, 0.2) is 29.2 Å². The number of nitrogens with one attached hydrogen (secondary N) is 1. The lowest BCUT2D eigenvalue weighted by molar-refractivity contribution is 0.588. The van der Waals surface area contributed by atoms with Crippen LogP contribution in [0, 0.1) is 0 Å². The lowest BCUT2D eigenvalue weighted by Crippen LogP contribution is -2.19. The van der Waals surface area contributed by atoms with Gasteiger partial charge in [-0.25, -0.2) is 8.42 Å². The molecule has 1 aromatic rings. The number of benzene rings is 1. The summed E-state index contributed by atoms with van der Waals surface area (Å²) in [7, 11) is -3.13. The van der Waals surface area contributed by atoms with Crippen LogP contribution in [-0.2, 0) is 9.84 Å². The maximum absolute atomic E-state index is 12.1. The van der Waals surface area contributed by atoms with Gasteiger partial charge in [-0.3, -0.25) is 0 Å². The smallest absolute Gasteiger partial charge is 0.178 e. The van der Waals surface area contributed by atoms with Crippen LogP contribution in [0.4, 0.5) is 0 Å². The molecule has 0 aromatic heterocycles. The monoisotopic (exact) mass is 283 g/mol. The zero-order valence-corrected chi connectivity index (χ0v) is 13.0. The van der Waals surface area contributed by atoms with Gasteiger partial charge in [-0.15, -0.1) is 0 Å². The fraction of sp³-hybridized carbons (Fsp3) is 0.600. The van der Waals surface area contributed by atoms with Crippen LogP contribution in [0.2, 0.25) is 0 Å². The third-order valence-corrected chi connectivity index (χ3v) is 4.92. The molecule has 1 aromatic carbocycles. The van der Waals surface area contributed by atoms with Gasteiger partial charge in [-0.1, -0.05) is 32.9 Å². The molecule has 0 spiro atoms. The minimum absolute atomic E-state index is 0.213.